The highest BCUT2D eigenvalue weighted by molar-refractivity contribution is 9.11. The minimum absolute atomic E-state index is 0.0676. The fraction of sp³-hybridized carbons (Fsp3) is 0.533. The highest BCUT2D eigenvalue weighted by atomic mass is 79.9. The van der Waals surface area contributed by atoms with Crippen LogP contribution in [0.5, 0.6) is 5.75 Å². The van der Waals surface area contributed by atoms with Crippen molar-refractivity contribution in [1.29, 1.82) is 0 Å². The number of amides is 1. The molecule has 4 nitrogen and oxygen atoms in total. The Kier molecular flexibility index (Phi) is 8.29. The maximum Gasteiger partial charge on any atom is 0.221 e. The molecule has 0 aliphatic carbocycles. The van der Waals surface area contributed by atoms with E-state index in [1.54, 1.807) is 0 Å². The third-order valence-corrected chi connectivity index (χ3v) is 3.71. The zero-order chi connectivity index (χ0) is 15.8. The van der Waals surface area contributed by atoms with Gasteiger partial charge in [0.15, 0.2) is 0 Å². The van der Waals surface area contributed by atoms with E-state index in [2.05, 4.69) is 42.5 Å². The van der Waals surface area contributed by atoms with Crippen LogP contribution in [0, 0.1) is 0 Å². The summed E-state index contributed by atoms with van der Waals surface area (Å²) in [5, 5.41) is 6.15. The van der Waals surface area contributed by atoms with Crippen LogP contribution < -0.4 is 15.4 Å². The predicted molar refractivity (Wildman–Crippen MR) is 92.6 cm³/mol. The molecule has 2 N–H and O–H groups in total. The number of halogens is 2. The molecule has 0 aliphatic heterocycles. The quantitative estimate of drug-likeness (QED) is 0.630. The van der Waals surface area contributed by atoms with Crippen molar-refractivity contribution >= 4 is 37.8 Å². The summed E-state index contributed by atoms with van der Waals surface area (Å²) < 4.78 is 7.58. The maximum atomic E-state index is 11.6. The maximum absolute atomic E-state index is 11.6. The second-order valence-corrected chi connectivity index (χ2v) is 6.73. The number of rotatable bonds is 8. The summed E-state index contributed by atoms with van der Waals surface area (Å²) in [5.74, 6) is 0.915. The van der Waals surface area contributed by atoms with E-state index in [1.807, 2.05) is 32.9 Å². The summed E-state index contributed by atoms with van der Waals surface area (Å²) in [5.41, 5.74) is 1.06. The number of hydrogen-bond donors (Lipinski definition) is 2. The molecule has 21 heavy (non-hydrogen) atoms. The average Bonchev–Trinajstić information content (AvgIpc) is 2.37. The van der Waals surface area contributed by atoms with Gasteiger partial charge in [0.1, 0.15) is 5.75 Å². The molecule has 6 heteroatoms. The minimum atomic E-state index is 0.0676. The van der Waals surface area contributed by atoms with Crippen LogP contribution in [0.2, 0.25) is 0 Å². The largest absolute Gasteiger partial charge is 0.492 e. The molecule has 1 aromatic rings. The Morgan fingerprint density at radius 3 is 2.67 bits per heavy atom. The van der Waals surface area contributed by atoms with Crippen molar-refractivity contribution in [3.63, 3.8) is 0 Å². The van der Waals surface area contributed by atoms with E-state index in [9.17, 15) is 4.79 Å². The topological polar surface area (TPSA) is 50.4 Å². The summed E-state index contributed by atoms with van der Waals surface area (Å²) in [4.78, 5) is 11.6. The van der Waals surface area contributed by atoms with Gasteiger partial charge in [-0.1, -0.05) is 15.9 Å². The first-order valence-electron chi connectivity index (χ1n) is 7.04. The Bertz CT molecular complexity index is 479. The van der Waals surface area contributed by atoms with Gasteiger partial charge in [-0.15, -0.1) is 0 Å². The zero-order valence-corrected chi connectivity index (χ0v) is 15.8. The van der Waals surface area contributed by atoms with Crippen molar-refractivity contribution < 1.29 is 9.53 Å². The monoisotopic (exact) mass is 420 g/mol. The first-order chi connectivity index (χ1) is 9.93. The van der Waals surface area contributed by atoms with Crippen LogP contribution in [0.25, 0.3) is 0 Å². The third-order valence-electron chi connectivity index (χ3n) is 2.67. The van der Waals surface area contributed by atoms with Crippen molar-refractivity contribution in [3.8, 4) is 5.75 Å². The molecule has 0 aliphatic rings. The van der Waals surface area contributed by atoms with Crippen molar-refractivity contribution in [3.05, 3.63) is 26.6 Å². The molecule has 1 rings (SSSR count). The van der Waals surface area contributed by atoms with E-state index in [4.69, 9.17) is 4.74 Å². The van der Waals surface area contributed by atoms with Crippen molar-refractivity contribution in [2.75, 3.05) is 13.2 Å². The molecule has 0 saturated heterocycles. The lowest BCUT2D eigenvalue weighted by Crippen LogP contribution is -2.32. The Balaban J connectivity index is 2.53. The molecule has 0 spiro atoms. The number of nitrogens with one attached hydrogen (secondary N) is 2. The highest BCUT2D eigenvalue weighted by Crippen LogP contribution is 2.32. The average molecular weight is 422 g/mol. The number of hydrogen-bond acceptors (Lipinski definition) is 3. The van der Waals surface area contributed by atoms with Gasteiger partial charge in [-0.3, -0.25) is 4.79 Å². The first kappa shape index (κ1) is 18.5. The van der Waals surface area contributed by atoms with Crippen molar-refractivity contribution in [1.82, 2.24) is 10.6 Å². The molecular formula is C15H22Br2N2O2. The molecule has 0 saturated carbocycles. The van der Waals surface area contributed by atoms with Crippen LogP contribution in [0.15, 0.2) is 21.1 Å². The van der Waals surface area contributed by atoms with Crippen LogP contribution in [0.1, 0.15) is 32.8 Å². The first-order valence-corrected chi connectivity index (χ1v) is 8.63. The van der Waals surface area contributed by atoms with Gasteiger partial charge in [0.05, 0.1) is 11.1 Å². The van der Waals surface area contributed by atoms with Crippen LogP contribution in [-0.4, -0.2) is 25.1 Å². The van der Waals surface area contributed by atoms with Crippen LogP contribution >= 0.6 is 31.9 Å². The van der Waals surface area contributed by atoms with Crippen LogP contribution in [0.3, 0.4) is 0 Å². The van der Waals surface area contributed by atoms with Crippen LogP contribution in [0.4, 0.5) is 0 Å². The lowest BCUT2D eigenvalue weighted by Gasteiger charge is -2.14. The second kappa shape index (κ2) is 9.43. The van der Waals surface area contributed by atoms with Gasteiger partial charge in [0.25, 0.3) is 0 Å². The van der Waals surface area contributed by atoms with Gasteiger partial charge in [0.2, 0.25) is 5.91 Å². The van der Waals surface area contributed by atoms with Gasteiger partial charge < -0.3 is 15.4 Å². The number of carbonyl (C=O) groups excluding carboxylic acids is 1. The molecule has 0 atom stereocenters. The molecular weight excluding hydrogens is 400 g/mol. The number of benzene rings is 1. The molecule has 0 bridgehead atoms. The van der Waals surface area contributed by atoms with E-state index in [1.165, 1.54) is 0 Å². The van der Waals surface area contributed by atoms with Crippen LogP contribution in [-0.2, 0) is 11.3 Å². The molecule has 0 radical (unpaired) electrons. The molecule has 0 aromatic heterocycles. The molecule has 0 fully saturated rings. The summed E-state index contributed by atoms with van der Waals surface area (Å²) in [6.07, 6.45) is 0.470. The number of ether oxygens (including phenoxy) is 1. The van der Waals surface area contributed by atoms with Gasteiger partial charge in [-0.25, -0.2) is 0 Å². The molecule has 0 unspecified atom stereocenters. The summed E-state index contributed by atoms with van der Waals surface area (Å²) in [6.45, 7) is 7.78. The Morgan fingerprint density at radius 2 is 2.05 bits per heavy atom. The van der Waals surface area contributed by atoms with E-state index < -0.39 is 0 Å². The molecule has 1 aromatic carbocycles. The Hall–Kier alpha value is -0.590. The van der Waals surface area contributed by atoms with E-state index >= 15 is 0 Å². The zero-order valence-electron chi connectivity index (χ0n) is 12.6. The highest BCUT2D eigenvalue weighted by Gasteiger charge is 2.10. The lowest BCUT2D eigenvalue weighted by molar-refractivity contribution is -0.121. The van der Waals surface area contributed by atoms with Crippen molar-refractivity contribution in [2.24, 2.45) is 0 Å². The summed E-state index contributed by atoms with van der Waals surface area (Å²) in [7, 11) is 0. The van der Waals surface area contributed by atoms with E-state index in [0.717, 1.165) is 20.3 Å². The summed E-state index contributed by atoms with van der Waals surface area (Å²) in [6, 6.07) is 4.17. The SMILES string of the molecule is CCOc1c(Br)cc(Br)cc1CNCCC(=O)NC(C)C. The molecule has 118 valence electrons. The lowest BCUT2D eigenvalue weighted by atomic mass is 10.2. The predicted octanol–water partition coefficient (Wildman–Crippen LogP) is 3.61. The second-order valence-electron chi connectivity index (χ2n) is 4.96. The normalized spacial score (nSPS) is 10.8. The van der Waals surface area contributed by atoms with Gasteiger partial charge in [-0.2, -0.15) is 0 Å². The van der Waals surface area contributed by atoms with Gasteiger partial charge in [0, 0.05) is 35.6 Å². The third kappa shape index (κ3) is 6.80. The molecule has 0 heterocycles. The van der Waals surface area contributed by atoms with Crippen molar-refractivity contribution in [2.45, 2.75) is 39.8 Å². The minimum Gasteiger partial charge on any atom is -0.492 e. The Labute approximate surface area is 143 Å². The fourth-order valence-electron chi connectivity index (χ4n) is 1.87. The standard InChI is InChI=1S/C15H22Br2N2O2/c1-4-21-15-11(7-12(16)8-13(15)17)9-18-6-5-14(20)19-10(2)3/h7-8,10,18H,4-6,9H2,1-3H3,(H,19,20). The van der Waals surface area contributed by atoms with E-state index in [-0.39, 0.29) is 11.9 Å². The van der Waals surface area contributed by atoms with E-state index in [0.29, 0.717) is 26.1 Å². The fourth-order valence-corrected chi connectivity index (χ4v) is 3.30. The molecule has 1 amide bonds. The number of carbonyl (C=O) groups is 1. The smallest absolute Gasteiger partial charge is 0.221 e. The summed E-state index contributed by atoms with van der Waals surface area (Å²) >= 11 is 6.99. The van der Waals surface area contributed by atoms with Gasteiger partial charge in [-0.05, 0) is 48.8 Å². The Morgan fingerprint density at radius 1 is 1.33 bits per heavy atom. The van der Waals surface area contributed by atoms with Gasteiger partial charge >= 0.3 is 0 Å².